The van der Waals surface area contributed by atoms with E-state index in [4.69, 9.17) is 4.74 Å². The van der Waals surface area contributed by atoms with Crippen molar-refractivity contribution in [2.75, 3.05) is 29.2 Å². The smallest absolute Gasteiger partial charge is 0.244 e. The zero-order valence-corrected chi connectivity index (χ0v) is 14.9. The van der Waals surface area contributed by atoms with E-state index in [-0.39, 0.29) is 24.3 Å². The van der Waals surface area contributed by atoms with Gasteiger partial charge in [-0.1, -0.05) is 18.2 Å². The summed E-state index contributed by atoms with van der Waals surface area (Å²) >= 11 is 0. The number of anilines is 3. The van der Waals surface area contributed by atoms with Crippen molar-refractivity contribution in [3.05, 3.63) is 48.5 Å². The summed E-state index contributed by atoms with van der Waals surface area (Å²) in [6.45, 7) is 2.63. The highest BCUT2D eigenvalue weighted by Crippen LogP contribution is 2.27. The van der Waals surface area contributed by atoms with Crippen LogP contribution < -0.4 is 20.3 Å². The number of hydrogen-bond acceptors (Lipinski definition) is 4. The molecule has 7 nitrogen and oxygen atoms in total. The quantitative estimate of drug-likeness (QED) is 0.834. The van der Waals surface area contributed by atoms with Gasteiger partial charge in [-0.2, -0.15) is 0 Å². The third-order valence-corrected chi connectivity index (χ3v) is 3.52. The van der Waals surface area contributed by atoms with Gasteiger partial charge in [0.05, 0.1) is 12.8 Å². The largest absolute Gasteiger partial charge is 0.495 e. The maximum absolute atomic E-state index is 12.4. The number of para-hydroxylation sites is 2. The lowest BCUT2D eigenvalue weighted by atomic mass is 10.2. The van der Waals surface area contributed by atoms with Crippen molar-refractivity contribution in [3.8, 4) is 5.75 Å². The number of hydrogen-bond donors (Lipinski definition) is 2. The maximum atomic E-state index is 12.4. The van der Waals surface area contributed by atoms with Gasteiger partial charge in [-0.15, -0.1) is 0 Å². The fraction of sp³-hybridized carbons (Fsp3) is 0.211. The Morgan fingerprint density at radius 2 is 1.62 bits per heavy atom. The Labute approximate surface area is 152 Å². The Kier molecular flexibility index (Phi) is 6.32. The average molecular weight is 355 g/mol. The van der Waals surface area contributed by atoms with E-state index in [0.717, 1.165) is 0 Å². The number of nitrogens with zero attached hydrogens (tertiary/aromatic N) is 1. The van der Waals surface area contributed by atoms with Gasteiger partial charge in [0.1, 0.15) is 12.3 Å². The third kappa shape index (κ3) is 5.07. The van der Waals surface area contributed by atoms with Gasteiger partial charge in [0.2, 0.25) is 17.7 Å². The van der Waals surface area contributed by atoms with Gasteiger partial charge in [0, 0.05) is 25.2 Å². The molecule has 2 aromatic rings. The minimum atomic E-state index is -0.369. The summed E-state index contributed by atoms with van der Waals surface area (Å²) in [4.78, 5) is 36.9. The first-order valence-electron chi connectivity index (χ1n) is 7.99. The number of nitrogens with one attached hydrogen (secondary N) is 2. The molecule has 0 aromatic heterocycles. The SMILES string of the molecule is COc1ccccc1N(CC(=O)Nc1cccc(NC(C)=O)c1)C(C)=O. The van der Waals surface area contributed by atoms with Crippen molar-refractivity contribution < 1.29 is 19.1 Å². The first kappa shape index (κ1) is 19.0. The minimum Gasteiger partial charge on any atom is -0.495 e. The van der Waals surface area contributed by atoms with E-state index < -0.39 is 0 Å². The first-order chi connectivity index (χ1) is 12.4. The van der Waals surface area contributed by atoms with Crippen molar-refractivity contribution in [2.45, 2.75) is 13.8 Å². The zero-order chi connectivity index (χ0) is 19.1. The number of carbonyl (C=O) groups excluding carboxylic acids is 3. The highest BCUT2D eigenvalue weighted by Gasteiger charge is 2.19. The second-order valence-electron chi connectivity index (χ2n) is 5.59. The van der Waals surface area contributed by atoms with Gasteiger partial charge in [-0.05, 0) is 30.3 Å². The standard InChI is InChI=1S/C19H21N3O4/c1-13(23)20-15-7-6-8-16(11-15)21-19(25)12-22(14(2)24)17-9-4-5-10-18(17)26-3/h4-11H,12H2,1-3H3,(H,20,23)(H,21,25). The third-order valence-electron chi connectivity index (χ3n) is 3.52. The molecule has 3 amide bonds. The second kappa shape index (κ2) is 8.66. The molecular formula is C19H21N3O4. The Morgan fingerprint density at radius 3 is 2.23 bits per heavy atom. The second-order valence-corrected chi connectivity index (χ2v) is 5.59. The van der Waals surface area contributed by atoms with E-state index in [1.807, 2.05) is 0 Å². The van der Waals surface area contributed by atoms with E-state index in [1.165, 1.54) is 25.9 Å². The van der Waals surface area contributed by atoms with Crippen LogP contribution in [0.15, 0.2) is 48.5 Å². The lowest BCUT2D eigenvalue weighted by molar-refractivity contribution is -0.120. The van der Waals surface area contributed by atoms with Gasteiger partial charge in [-0.3, -0.25) is 19.3 Å². The minimum absolute atomic E-state index is 0.167. The Hall–Kier alpha value is -3.35. The van der Waals surface area contributed by atoms with Crippen molar-refractivity contribution in [1.82, 2.24) is 0 Å². The van der Waals surface area contributed by atoms with E-state index >= 15 is 0 Å². The van der Waals surface area contributed by atoms with Crippen LogP contribution >= 0.6 is 0 Å². The molecule has 136 valence electrons. The predicted molar refractivity (Wildman–Crippen MR) is 100 cm³/mol. The van der Waals surface area contributed by atoms with Gasteiger partial charge in [-0.25, -0.2) is 0 Å². The Morgan fingerprint density at radius 1 is 0.962 bits per heavy atom. The monoisotopic (exact) mass is 355 g/mol. The van der Waals surface area contributed by atoms with Gasteiger partial charge >= 0.3 is 0 Å². The number of amides is 3. The molecule has 0 saturated carbocycles. The van der Waals surface area contributed by atoms with E-state index in [1.54, 1.807) is 48.5 Å². The summed E-state index contributed by atoms with van der Waals surface area (Å²) in [7, 11) is 1.50. The summed E-state index contributed by atoms with van der Waals surface area (Å²) in [5.74, 6) is -0.349. The van der Waals surface area contributed by atoms with Crippen molar-refractivity contribution in [3.63, 3.8) is 0 Å². The molecule has 26 heavy (non-hydrogen) atoms. The van der Waals surface area contributed by atoms with E-state index in [2.05, 4.69) is 10.6 Å². The zero-order valence-electron chi connectivity index (χ0n) is 14.9. The van der Waals surface area contributed by atoms with Gasteiger partial charge in [0.15, 0.2) is 0 Å². The number of benzene rings is 2. The molecule has 0 bridgehead atoms. The Balaban J connectivity index is 2.14. The van der Waals surface area contributed by atoms with Crippen LogP contribution in [0, 0.1) is 0 Å². The van der Waals surface area contributed by atoms with Crippen LogP contribution in [-0.4, -0.2) is 31.4 Å². The normalized spacial score (nSPS) is 9.96. The molecule has 0 aliphatic rings. The van der Waals surface area contributed by atoms with Crippen LogP contribution in [0.3, 0.4) is 0 Å². The van der Waals surface area contributed by atoms with E-state index in [9.17, 15) is 14.4 Å². The van der Waals surface area contributed by atoms with Crippen LogP contribution in [0.25, 0.3) is 0 Å². The molecule has 0 atom stereocenters. The summed E-state index contributed by atoms with van der Waals surface area (Å²) in [5, 5.41) is 5.37. The van der Waals surface area contributed by atoms with Crippen molar-refractivity contribution >= 4 is 34.8 Å². The summed E-state index contributed by atoms with van der Waals surface area (Å²) in [6, 6.07) is 13.8. The van der Waals surface area contributed by atoms with Crippen molar-refractivity contribution in [2.24, 2.45) is 0 Å². The first-order valence-corrected chi connectivity index (χ1v) is 7.99. The summed E-state index contributed by atoms with van der Waals surface area (Å²) in [5.41, 5.74) is 1.61. The fourth-order valence-corrected chi connectivity index (χ4v) is 2.44. The number of carbonyl (C=O) groups is 3. The maximum Gasteiger partial charge on any atom is 0.244 e. The van der Waals surface area contributed by atoms with Gasteiger partial charge in [0.25, 0.3) is 0 Å². The Bertz CT molecular complexity index is 820. The molecule has 2 N–H and O–H groups in total. The van der Waals surface area contributed by atoms with Crippen LogP contribution in [0.4, 0.5) is 17.1 Å². The van der Waals surface area contributed by atoms with Crippen molar-refractivity contribution in [1.29, 1.82) is 0 Å². The number of rotatable bonds is 6. The molecule has 0 heterocycles. The van der Waals surface area contributed by atoms with E-state index in [0.29, 0.717) is 22.8 Å². The molecule has 0 radical (unpaired) electrons. The van der Waals surface area contributed by atoms with Crippen LogP contribution in [0.5, 0.6) is 5.75 Å². The van der Waals surface area contributed by atoms with Crippen LogP contribution in [-0.2, 0) is 14.4 Å². The molecule has 0 unspecified atom stereocenters. The molecule has 0 aliphatic heterocycles. The molecule has 0 saturated heterocycles. The fourth-order valence-electron chi connectivity index (χ4n) is 2.44. The number of methoxy groups -OCH3 is 1. The summed E-state index contributed by atoms with van der Waals surface area (Å²) < 4.78 is 5.26. The van der Waals surface area contributed by atoms with Crippen LogP contribution in [0.2, 0.25) is 0 Å². The lowest BCUT2D eigenvalue weighted by Crippen LogP contribution is -2.36. The average Bonchev–Trinajstić information content (AvgIpc) is 2.59. The summed E-state index contributed by atoms with van der Waals surface area (Å²) in [6.07, 6.45) is 0. The molecule has 2 aromatic carbocycles. The molecule has 0 aliphatic carbocycles. The molecule has 2 rings (SSSR count). The molecule has 7 heteroatoms. The number of ether oxygens (including phenoxy) is 1. The highest BCUT2D eigenvalue weighted by atomic mass is 16.5. The topological polar surface area (TPSA) is 87.7 Å². The molecular weight excluding hydrogens is 334 g/mol. The highest BCUT2D eigenvalue weighted by molar-refractivity contribution is 6.02. The molecule has 0 spiro atoms. The predicted octanol–water partition coefficient (Wildman–Crippen LogP) is 2.65. The lowest BCUT2D eigenvalue weighted by Gasteiger charge is -2.22. The van der Waals surface area contributed by atoms with Gasteiger partial charge < -0.3 is 15.4 Å². The molecule has 0 fully saturated rings. The van der Waals surface area contributed by atoms with Crippen LogP contribution in [0.1, 0.15) is 13.8 Å².